The van der Waals surface area contributed by atoms with Crippen molar-refractivity contribution < 1.29 is 14.3 Å². The summed E-state index contributed by atoms with van der Waals surface area (Å²) in [5, 5.41) is 0. The molecule has 0 N–H and O–H groups in total. The van der Waals surface area contributed by atoms with Crippen LogP contribution in [0.5, 0.6) is 0 Å². The fraction of sp³-hybridized carbons (Fsp3) is 0.556. The number of carbonyl (C=O) groups excluding carboxylic acids is 2. The van der Waals surface area contributed by atoms with Crippen LogP contribution in [0.1, 0.15) is 50.5 Å². The summed E-state index contributed by atoms with van der Waals surface area (Å²) in [6.45, 7) is 0.291. The van der Waals surface area contributed by atoms with Gasteiger partial charge in [-0.1, -0.05) is 62.4 Å². The molecule has 3 heteroatoms. The van der Waals surface area contributed by atoms with E-state index in [2.05, 4.69) is 0 Å². The summed E-state index contributed by atoms with van der Waals surface area (Å²) < 4.78 is 5.39. The van der Waals surface area contributed by atoms with Crippen molar-refractivity contribution in [3.8, 4) is 0 Å². The highest BCUT2D eigenvalue weighted by Crippen LogP contribution is 2.30. The van der Waals surface area contributed by atoms with Gasteiger partial charge in [-0.2, -0.15) is 0 Å². The summed E-state index contributed by atoms with van der Waals surface area (Å²) in [7, 11) is 0. The molecule has 0 bridgehead atoms. The standard InChI is InChI=1S/C18H24O3/c19-12-11-17(13-15-7-3-1-4-8-15)18(20)21-14-16-9-5-2-6-10-16/h2,5-6,9-10,12,15,17H,1,3-4,7-8,11,13-14H2/t17-/m1/s1. The number of hydrogen-bond acceptors (Lipinski definition) is 3. The highest BCUT2D eigenvalue weighted by Gasteiger charge is 2.25. The van der Waals surface area contributed by atoms with Crippen LogP contribution in [0.4, 0.5) is 0 Å². The van der Waals surface area contributed by atoms with Crippen molar-refractivity contribution in [1.82, 2.24) is 0 Å². The third-order valence-electron chi connectivity index (χ3n) is 4.28. The second-order valence-electron chi connectivity index (χ2n) is 5.93. The minimum absolute atomic E-state index is 0.225. The van der Waals surface area contributed by atoms with E-state index in [9.17, 15) is 9.59 Å². The number of benzene rings is 1. The van der Waals surface area contributed by atoms with Gasteiger partial charge in [0.05, 0.1) is 5.92 Å². The molecule has 0 heterocycles. The summed E-state index contributed by atoms with van der Waals surface area (Å²) >= 11 is 0. The topological polar surface area (TPSA) is 43.4 Å². The summed E-state index contributed by atoms with van der Waals surface area (Å²) in [6.07, 6.45) is 8.08. The number of ether oxygens (including phenoxy) is 1. The van der Waals surface area contributed by atoms with E-state index >= 15 is 0 Å². The average Bonchev–Trinajstić information content (AvgIpc) is 2.54. The van der Waals surface area contributed by atoms with Crippen LogP contribution in [0.2, 0.25) is 0 Å². The lowest BCUT2D eigenvalue weighted by Gasteiger charge is -2.24. The molecular formula is C18H24O3. The first-order valence-corrected chi connectivity index (χ1v) is 7.94. The lowest BCUT2D eigenvalue weighted by atomic mass is 9.82. The molecule has 0 amide bonds. The Labute approximate surface area is 126 Å². The lowest BCUT2D eigenvalue weighted by molar-refractivity contribution is -0.151. The fourth-order valence-corrected chi connectivity index (χ4v) is 3.08. The molecule has 0 aromatic heterocycles. The molecule has 1 fully saturated rings. The van der Waals surface area contributed by atoms with Crippen molar-refractivity contribution in [3.05, 3.63) is 35.9 Å². The van der Waals surface area contributed by atoms with Crippen LogP contribution >= 0.6 is 0 Å². The first-order valence-electron chi connectivity index (χ1n) is 7.94. The van der Waals surface area contributed by atoms with Crippen molar-refractivity contribution >= 4 is 12.3 Å². The maximum Gasteiger partial charge on any atom is 0.309 e. The van der Waals surface area contributed by atoms with Crippen molar-refractivity contribution in [2.24, 2.45) is 11.8 Å². The van der Waals surface area contributed by atoms with Gasteiger partial charge in [0, 0.05) is 6.42 Å². The quantitative estimate of drug-likeness (QED) is 0.564. The Hall–Kier alpha value is -1.64. The van der Waals surface area contributed by atoms with Gasteiger partial charge in [-0.3, -0.25) is 4.79 Å². The van der Waals surface area contributed by atoms with Gasteiger partial charge in [-0.15, -0.1) is 0 Å². The Balaban J connectivity index is 1.84. The van der Waals surface area contributed by atoms with Gasteiger partial charge in [-0.25, -0.2) is 0 Å². The summed E-state index contributed by atoms with van der Waals surface area (Å²) in [4.78, 5) is 23.0. The predicted octanol–water partition coefficient (Wildman–Crippen LogP) is 3.91. The molecule has 1 aromatic carbocycles. The molecule has 1 aliphatic rings. The fourth-order valence-electron chi connectivity index (χ4n) is 3.08. The van der Waals surface area contributed by atoms with Crippen LogP contribution in [0, 0.1) is 11.8 Å². The molecule has 1 aromatic rings. The average molecular weight is 288 g/mol. The molecule has 1 atom stereocenters. The Morgan fingerprint density at radius 3 is 2.57 bits per heavy atom. The maximum absolute atomic E-state index is 12.2. The van der Waals surface area contributed by atoms with Crippen molar-refractivity contribution in [1.29, 1.82) is 0 Å². The molecule has 0 unspecified atom stereocenters. The zero-order chi connectivity index (χ0) is 14.9. The Bertz CT molecular complexity index is 435. The second kappa shape index (κ2) is 8.60. The molecule has 2 rings (SSSR count). The summed E-state index contributed by atoms with van der Waals surface area (Å²) in [6, 6.07) is 9.65. The largest absolute Gasteiger partial charge is 0.461 e. The van der Waals surface area contributed by atoms with E-state index in [4.69, 9.17) is 4.74 Å². The highest BCUT2D eigenvalue weighted by molar-refractivity contribution is 5.75. The van der Waals surface area contributed by atoms with Gasteiger partial charge in [0.2, 0.25) is 0 Å². The van der Waals surface area contributed by atoms with Gasteiger partial charge in [0.1, 0.15) is 12.9 Å². The van der Waals surface area contributed by atoms with E-state index in [-0.39, 0.29) is 18.3 Å². The molecule has 0 radical (unpaired) electrons. The van der Waals surface area contributed by atoms with Gasteiger partial charge >= 0.3 is 5.97 Å². The van der Waals surface area contributed by atoms with Gasteiger partial charge < -0.3 is 9.53 Å². The predicted molar refractivity (Wildman–Crippen MR) is 81.6 cm³/mol. The third kappa shape index (κ3) is 5.33. The monoisotopic (exact) mass is 288 g/mol. The normalized spacial score (nSPS) is 17.1. The number of hydrogen-bond donors (Lipinski definition) is 0. The Morgan fingerprint density at radius 1 is 1.19 bits per heavy atom. The van der Waals surface area contributed by atoms with E-state index in [1.165, 1.54) is 32.1 Å². The zero-order valence-electron chi connectivity index (χ0n) is 12.5. The molecular weight excluding hydrogens is 264 g/mol. The van der Waals surface area contributed by atoms with Crippen LogP contribution in [-0.2, 0) is 20.9 Å². The SMILES string of the molecule is O=CC[C@H](CC1CCCCC1)C(=O)OCc1ccccc1. The number of rotatable bonds is 7. The van der Waals surface area contributed by atoms with Gasteiger partial charge in [-0.05, 0) is 17.9 Å². The number of aldehydes is 1. The maximum atomic E-state index is 12.2. The van der Waals surface area contributed by atoms with Crippen LogP contribution in [0.25, 0.3) is 0 Å². The molecule has 1 saturated carbocycles. The summed E-state index contributed by atoms with van der Waals surface area (Å²) in [5.74, 6) is 0.0822. The molecule has 1 aliphatic carbocycles. The van der Waals surface area contributed by atoms with Crippen LogP contribution in [0.15, 0.2) is 30.3 Å². The van der Waals surface area contributed by atoms with Gasteiger partial charge in [0.15, 0.2) is 0 Å². The molecule has 0 aliphatic heterocycles. The van der Waals surface area contributed by atoms with E-state index in [0.29, 0.717) is 12.5 Å². The van der Waals surface area contributed by atoms with Crippen LogP contribution in [0.3, 0.4) is 0 Å². The smallest absolute Gasteiger partial charge is 0.309 e. The first kappa shape index (κ1) is 15.7. The second-order valence-corrected chi connectivity index (χ2v) is 5.93. The molecule has 0 spiro atoms. The van der Waals surface area contributed by atoms with E-state index in [0.717, 1.165) is 18.3 Å². The molecule has 3 nitrogen and oxygen atoms in total. The highest BCUT2D eigenvalue weighted by atomic mass is 16.5. The Morgan fingerprint density at radius 2 is 1.90 bits per heavy atom. The van der Waals surface area contributed by atoms with E-state index < -0.39 is 0 Å². The Kier molecular flexibility index (Phi) is 6.45. The molecule has 21 heavy (non-hydrogen) atoms. The molecule has 0 saturated heterocycles. The van der Waals surface area contributed by atoms with Crippen LogP contribution in [-0.4, -0.2) is 12.3 Å². The summed E-state index contributed by atoms with van der Waals surface area (Å²) in [5.41, 5.74) is 0.980. The minimum atomic E-state index is -0.269. The third-order valence-corrected chi connectivity index (χ3v) is 4.28. The van der Waals surface area contributed by atoms with Crippen molar-refractivity contribution in [2.45, 2.75) is 51.6 Å². The molecule has 114 valence electrons. The van der Waals surface area contributed by atoms with E-state index in [1.807, 2.05) is 30.3 Å². The van der Waals surface area contributed by atoms with Crippen LogP contribution < -0.4 is 0 Å². The van der Waals surface area contributed by atoms with Crippen molar-refractivity contribution in [3.63, 3.8) is 0 Å². The first-order chi connectivity index (χ1) is 10.3. The van der Waals surface area contributed by atoms with Crippen molar-refractivity contribution in [2.75, 3.05) is 0 Å². The van der Waals surface area contributed by atoms with Gasteiger partial charge in [0.25, 0.3) is 0 Å². The zero-order valence-corrected chi connectivity index (χ0v) is 12.5. The lowest BCUT2D eigenvalue weighted by Crippen LogP contribution is -2.22. The number of carbonyl (C=O) groups is 2. The van der Waals surface area contributed by atoms with E-state index in [1.54, 1.807) is 0 Å². The minimum Gasteiger partial charge on any atom is -0.461 e. The number of esters is 1.